The molecular weight excluding hydrogens is 306 g/mol. The molecule has 1 atom stereocenters. The van der Waals surface area contributed by atoms with Crippen LogP contribution in [-0.4, -0.2) is 25.6 Å². The monoisotopic (exact) mass is 327 g/mol. The third-order valence-electron chi connectivity index (χ3n) is 3.58. The van der Waals surface area contributed by atoms with Crippen LogP contribution in [0.4, 0.5) is 5.69 Å². The Labute approximate surface area is 141 Å². The van der Waals surface area contributed by atoms with Crippen molar-refractivity contribution in [2.45, 2.75) is 19.3 Å². The lowest BCUT2D eigenvalue weighted by molar-refractivity contribution is -0.147. The summed E-state index contributed by atoms with van der Waals surface area (Å²) >= 11 is 0. The van der Waals surface area contributed by atoms with Crippen LogP contribution in [0.25, 0.3) is 0 Å². The van der Waals surface area contributed by atoms with E-state index in [1.54, 1.807) is 31.4 Å². The van der Waals surface area contributed by atoms with E-state index in [0.717, 1.165) is 5.56 Å². The zero-order valence-electron chi connectivity index (χ0n) is 13.8. The largest absolute Gasteiger partial charge is 0.497 e. The Balaban J connectivity index is 1.75. The second-order valence-corrected chi connectivity index (χ2v) is 5.45. The van der Waals surface area contributed by atoms with Crippen LogP contribution in [0.3, 0.4) is 0 Å². The number of hydrogen-bond acceptors (Lipinski definition) is 4. The number of anilines is 1. The SMILES string of the molecule is COc1ccc(NC(=O)COC(=O)CC(C)c2ccccc2)cc1. The molecule has 0 aliphatic heterocycles. The lowest BCUT2D eigenvalue weighted by atomic mass is 9.98. The van der Waals surface area contributed by atoms with E-state index in [4.69, 9.17) is 9.47 Å². The Morgan fingerprint density at radius 1 is 1.04 bits per heavy atom. The van der Waals surface area contributed by atoms with Crippen LogP contribution in [0, 0.1) is 0 Å². The first kappa shape index (κ1) is 17.5. The van der Waals surface area contributed by atoms with E-state index in [-0.39, 0.29) is 24.9 Å². The van der Waals surface area contributed by atoms with Gasteiger partial charge in [0.1, 0.15) is 5.75 Å². The molecule has 2 aromatic rings. The number of benzene rings is 2. The number of carbonyl (C=O) groups excluding carboxylic acids is 2. The van der Waals surface area contributed by atoms with Crippen molar-refractivity contribution in [3.8, 4) is 5.75 Å². The molecule has 0 fully saturated rings. The first-order valence-corrected chi connectivity index (χ1v) is 7.73. The second kappa shape index (κ2) is 8.72. The predicted octanol–water partition coefficient (Wildman–Crippen LogP) is 3.37. The zero-order valence-corrected chi connectivity index (χ0v) is 13.8. The first-order valence-electron chi connectivity index (χ1n) is 7.73. The van der Waals surface area contributed by atoms with Crippen molar-refractivity contribution in [3.63, 3.8) is 0 Å². The number of methoxy groups -OCH3 is 1. The lowest BCUT2D eigenvalue weighted by Crippen LogP contribution is -2.21. The van der Waals surface area contributed by atoms with Crippen LogP contribution in [0.5, 0.6) is 5.75 Å². The molecule has 0 spiro atoms. The molecule has 2 aromatic carbocycles. The maximum Gasteiger partial charge on any atom is 0.306 e. The summed E-state index contributed by atoms with van der Waals surface area (Å²) in [6, 6.07) is 16.6. The molecule has 1 unspecified atom stereocenters. The maximum atomic E-state index is 11.8. The average molecular weight is 327 g/mol. The fourth-order valence-electron chi connectivity index (χ4n) is 2.23. The van der Waals surface area contributed by atoms with Gasteiger partial charge in [-0.1, -0.05) is 37.3 Å². The average Bonchev–Trinajstić information content (AvgIpc) is 2.61. The minimum absolute atomic E-state index is 0.0448. The van der Waals surface area contributed by atoms with Crippen molar-refractivity contribution in [1.29, 1.82) is 0 Å². The number of carbonyl (C=O) groups is 2. The number of rotatable bonds is 7. The van der Waals surface area contributed by atoms with Crippen LogP contribution < -0.4 is 10.1 Å². The van der Waals surface area contributed by atoms with Gasteiger partial charge in [0.2, 0.25) is 0 Å². The van der Waals surface area contributed by atoms with Gasteiger partial charge in [-0.25, -0.2) is 0 Å². The number of hydrogen-bond donors (Lipinski definition) is 1. The highest BCUT2D eigenvalue weighted by Gasteiger charge is 2.13. The molecule has 0 saturated carbocycles. The summed E-state index contributed by atoms with van der Waals surface area (Å²) in [6.07, 6.45) is 0.236. The third kappa shape index (κ3) is 5.43. The van der Waals surface area contributed by atoms with Crippen molar-refractivity contribution < 1.29 is 19.1 Å². The Morgan fingerprint density at radius 3 is 2.33 bits per heavy atom. The van der Waals surface area contributed by atoms with E-state index in [1.807, 2.05) is 37.3 Å². The smallest absolute Gasteiger partial charge is 0.306 e. The highest BCUT2D eigenvalue weighted by Crippen LogP contribution is 2.19. The molecule has 5 nitrogen and oxygen atoms in total. The van der Waals surface area contributed by atoms with Crippen molar-refractivity contribution in [1.82, 2.24) is 0 Å². The molecular formula is C19H21NO4. The zero-order chi connectivity index (χ0) is 17.4. The van der Waals surface area contributed by atoms with Gasteiger partial charge >= 0.3 is 5.97 Å². The lowest BCUT2D eigenvalue weighted by Gasteiger charge is -2.11. The minimum Gasteiger partial charge on any atom is -0.497 e. The first-order chi connectivity index (χ1) is 11.6. The van der Waals surface area contributed by atoms with E-state index in [9.17, 15) is 9.59 Å². The van der Waals surface area contributed by atoms with Crippen molar-refractivity contribution in [3.05, 3.63) is 60.2 Å². The van der Waals surface area contributed by atoms with Crippen molar-refractivity contribution >= 4 is 17.6 Å². The molecule has 0 aliphatic rings. The summed E-state index contributed by atoms with van der Waals surface area (Å²) in [4.78, 5) is 23.7. The maximum absolute atomic E-state index is 11.8. The second-order valence-electron chi connectivity index (χ2n) is 5.45. The highest BCUT2D eigenvalue weighted by molar-refractivity contribution is 5.92. The number of amides is 1. The van der Waals surface area contributed by atoms with Gasteiger partial charge in [0, 0.05) is 5.69 Å². The predicted molar refractivity (Wildman–Crippen MR) is 92.1 cm³/mol. The standard InChI is InChI=1S/C19H21NO4/c1-14(15-6-4-3-5-7-15)12-19(22)24-13-18(21)20-16-8-10-17(23-2)11-9-16/h3-11,14H,12-13H2,1-2H3,(H,20,21). The fraction of sp³-hybridized carbons (Fsp3) is 0.263. The summed E-state index contributed by atoms with van der Waals surface area (Å²) in [7, 11) is 1.57. The number of nitrogens with one attached hydrogen (secondary N) is 1. The molecule has 2 rings (SSSR count). The molecule has 126 valence electrons. The Hall–Kier alpha value is -2.82. The normalized spacial score (nSPS) is 11.4. The molecule has 0 heterocycles. The van der Waals surface area contributed by atoms with Gasteiger partial charge in [-0.2, -0.15) is 0 Å². The molecule has 1 N–H and O–H groups in total. The summed E-state index contributed by atoms with van der Waals surface area (Å²) in [5, 5.41) is 2.66. The fourth-order valence-corrected chi connectivity index (χ4v) is 2.23. The molecule has 0 radical (unpaired) electrons. The van der Waals surface area contributed by atoms with Gasteiger partial charge in [-0.15, -0.1) is 0 Å². The van der Waals surface area contributed by atoms with Crippen LogP contribution >= 0.6 is 0 Å². The van der Waals surface area contributed by atoms with E-state index >= 15 is 0 Å². The molecule has 0 saturated heterocycles. The summed E-state index contributed by atoms with van der Waals surface area (Å²) < 4.78 is 10.1. The summed E-state index contributed by atoms with van der Waals surface area (Å²) in [5.74, 6) is -0.0187. The van der Waals surface area contributed by atoms with Gasteiger partial charge in [0.05, 0.1) is 13.5 Å². The topological polar surface area (TPSA) is 64.6 Å². The van der Waals surface area contributed by atoms with E-state index in [2.05, 4.69) is 5.32 Å². The van der Waals surface area contributed by atoms with Gasteiger partial charge in [-0.3, -0.25) is 9.59 Å². The van der Waals surface area contributed by atoms with E-state index in [1.165, 1.54) is 0 Å². The summed E-state index contributed by atoms with van der Waals surface area (Å²) in [6.45, 7) is 1.65. The van der Waals surface area contributed by atoms with Crippen molar-refractivity contribution in [2.75, 3.05) is 19.0 Å². The molecule has 1 amide bonds. The van der Waals surface area contributed by atoms with Gasteiger partial charge in [0.15, 0.2) is 6.61 Å². The molecule has 0 aliphatic carbocycles. The van der Waals surface area contributed by atoms with E-state index < -0.39 is 5.97 Å². The number of esters is 1. The molecule has 0 aromatic heterocycles. The van der Waals surface area contributed by atoms with Gasteiger partial charge in [-0.05, 0) is 35.7 Å². The molecule has 5 heteroatoms. The van der Waals surface area contributed by atoms with Crippen LogP contribution in [0.2, 0.25) is 0 Å². The molecule has 24 heavy (non-hydrogen) atoms. The number of ether oxygens (including phenoxy) is 2. The third-order valence-corrected chi connectivity index (χ3v) is 3.58. The Kier molecular flexibility index (Phi) is 6.37. The Morgan fingerprint density at radius 2 is 1.71 bits per heavy atom. The van der Waals surface area contributed by atoms with Crippen LogP contribution in [0.15, 0.2) is 54.6 Å². The highest BCUT2D eigenvalue weighted by atomic mass is 16.5. The minimum atomic E-state index is -0.392. The summed E-state index contributed by atoms with van der Waals surface area (Å²) in [5.41, 5.74) is 1.69. The van der Waals surface area contributed by atoms with Gasteiger partial charge < -0.3 is 14.8 Å². The molecule has 0 bridgehead atoms. The van der Waals surface area contributed by atoms with Gasteiger partial charge in [0.25, 0.3) is 5.91 Å². The van der Waals surface area contributed by atoms with Crippen LogP contribution in [-0.2, 0) is 14.3 Å². The van der Waals surface area contributed by atoms with Crippen molar-refractivity contribution in [2.24, 2.45) is 0 Å². The van der Waals surface area contributed by atoms with Crippen LogP contribution in [0.1, 0.15) is 24.8 Å². The Bertz CT molecular complexity index is 668. The quantitative estimate of drug-likeness (QED) is 0.792. The van der Waals surface area contributed by atoms with E-state index in [0.29, 0.717) is 11.4 Å².